The molecule has 0 aliphatic heterocycles. The normalized spacial score (nSPS) is 11.0. The minimum Gasteiger partial charge on any atom is -0.465 e. The van der Waals surface area contributed by atoms with Crippen LogP contribution in [0.5, 0.6) is 5.75 Å². The van der Waals surface area contributed by atoms with Crippen molar-refractivity contribution >= 4 is 16.1 Å². The summed E-state index contributed by atoms with van der Waals surface area (Å²) in [5, 5.41) is 0. The van der Waals surface area contributed by atoms with E-state index < -0.39 is 16.1 Å². The average Bonchev–Trinajstić information content (AvgIpc) is 2.55. The van der Waals surface area contributed by atoms with Crippen molar-refractivity contribution in [1.82, 2.24) is 0 Å². The van der Waals surface area contributed by atoms with Gasteiger partial charge in [-0.05, 0) is 36.2 Å². The van der Waals surface area contributed by atoms with Crippen molar-refractivity contribution in [3.8, 4) is 5.75 Å². The monoisotopic (exact) mass is 334 g/mol. The minimum atomic E-state index is -4.02. The number of hydrogen-bond acceptors (Lipinski definition) is 5. The minimum absolute atomic E-state index is 0.0389. The van der Waals surface area contributed by atoms with Crippen LogP contribution in [0.3, 0.4) is 0 Å². The molecule has 6 heteroatoms. The molecule has 0 aromatic heterocycles. The molecule has 0 radical (unpaired) electrons. The maximum absolute atomic E-state index is 12.4. The van der Waals surface area contributed by atoms with E-state index in [1.165, 1.54) is 31.4 Å². The van der Waals surface area contributed by atoms with Crippen LogP contribution in [0.15, 0.2) is 53.4 Å². The third-order valence-electron chi connectivity index (χ3n) is 3.24. The lowest BCUT2D eigenvalue weighted by molar-refractivity contribution is 0.0599. The van der Waals surface area contributed by atoms with Gasteiger partial charge in [-0.2, -0.15) is 8.42 Å². The first-order valence-electron chi connectivity index (χ1n) is 7.18. The lowest BCUT2D eigenvalue weighted by Gasteiger charge is -2.10. The van der Waals surface area contributed by atoms with Crippen molar-refractivity contribution in [2.45, 2.75) is 24.7 Å². The lowest BCUT2D eigenvalue weighted by Crippen LogP contribution is -2.13. The maximum Gasteiger partial charge on any atom is 0.341 e. The summed E-state index contributed by atoms with van der Waals surface area (Å²) in [6, 6.07) is 12.6. The summed E-state index contributed by atoms with van der Waals surface area (Å²) >= 11 is 0. The van der Waals surface area contributed by atoms with E-state index in [0.717, 1.165) is 18.4 Å². The molecule has 0 aliphatic carbocycles. The number of carbonyl (C=O) groups is 1. The van der Waals surface area contributed by atoms with Crippen molar-refractivity contribution < 1.29 is 22.1 Å². The molecular weight excluding hydrogens is 316 g/mol. The molecule has 0 spiro atoms. The molecular formula is C17H18O5S. The number of methoxy groups -OCH3 is 1. The summed E-state index contributed by atoms with van der Waals surface area (Å²) in [5.74, 6) is -0.717. The van der Waals surface area contributed by atoms with Gasteiger partial charge in [0.25, 0.3) is 0 Å². The van der Waals surface area contributed by atoms with Crippen molar-refractivity contribution in [1.29, 1.82) is 0 Å². The Morgan fingerprint density at radius 1 is 1.04 bits per heavy atom. The van der Waals surface area contributed by atoms with Crippen molar-refractivity contribution in [2.75, 3.05) is 7.11 Å². The van der Waals surface area contributed by atoms with Gasteiger partial charge < -0.3 is 8.92 Å². The van der Waals surface area contributed by atoms with Crippen LogP contribution in [0.4, 0.5) is 0 Å². The quantitative estimate of drug-likeness (QED) is 0.599. The molecule has 5 nitrogen and oxygen atoms in total. The average molecular weight is 334 g/mol. The SMILES string of the molecule is CCCc1ccc(S(=O)(=O)Oc2ccccc2C(=O)OC)cc1. The summed E-state index contributed by atoms with van der Waals surface area (Å²) in [5.41, 5.74) is 1.11. The van der Waals surface area contributed by atoms with Gasteiger partial charge in [0, 0.05) is 0 Å². The van der Waals surface area contributed by atoms with Gasteiger partial charge >= 0.3 is 16.1 Å². The van der Waals surface area contributed by atoms with E-state index in [-0.39, 0.29) is 16.2 Å². The third kappa shape index (κ3) is 4.10. The van der Waals surface area contributed by atoms with Gasteiger partial charge in [-0.15, -0.1) is 0 Å². The number of carbonyl (C=O) groups excluding carboxylic acids is 1. The van der Waals surface area contributed by atoms with Crippen LogP contribution in [-0.2, 0) is 21.3 Å². The number of rotatable bonds is 6. The first-order chi connectivity index (χ1) is 11.0. The Morgan fingerprint density at radius 2 is 1.70 bits per heavy atom. The Balaban J connectivity index is 2.30. The van der Waals surface area contributed by atoms with Gasteiger partial charge in [0.1, 0.15) is 10.5 Å². The van der Waals surface area contributed by atoms with Crippen molar-refractivity contribution in [3.63, 3.8) is 0 Å². The molecule has 2 rings (SSSR count). The number of ether oxygens (including phenoxy) is 1. The molecule has 0 fully saturated rings. The third-order valence-corrected chi connectivity index (χ3v) is 4.49. The van der Waals surface area contributed by atoms with Crippen LogP contribution in [0.1, 0.15) is 29.3 Å². The Hall–Kier alpha value is -2.34. The van der Waals surface area contributed by atoms with E-state index in [4.69, 9.17) is 4.18 Å². The smallest absolute Gasteiger partial charge is 0.341 e. The second-order valence-electron chi connectivity index (χ2n) is 4.92. The molecule has 0 atom stereocenters. The Labute approximate surface area is 136 Å². The predicted octanol–water partition coefficient (Wildman–Crippen LogP) is 3.19. The number of hydrogen-bond donors (Lipinski definition) is 0. The van der Waals surface area contributed by atoms with E-state index >= 15 is 0 Å². The molecule has 0 amide bonds. The van der Waals surface area contributed by atoms with E-state index in [2.05, 4.69) is 11.7 Å². The number of aryl methyl sites for hydroxylation is 1. The molecule has 0 N–H and O–H groups in total. The molecule has 0 bridgehead atoms. The van der Waals surface area contributed by atoms with E-state index in [0.29, 0.717) is 0 Å². The summed E-state index contributed by atoms with van der Waals surface area (Å²) in [4.78, 5) is 11.7. The molecule has 0 unspecified atom stereocenters. The molecule has 0 saturated carbocycles. The Bertz CT molecular complexity index is 779. The fourth-order valence-electron chi connectivity index (χ4n) is 2.10. The van der Waals surface area contributed by atoms with Crippen molar-refractivity contribution in [2.24, 2.45) is 0 Å². The van der Waals surface area contributed by atoms with Crippen LogP contribution in [0.2, 0.25) is 0 Å². The highest BCUT2D eigenvalue weighted by Crippen LogP contribution is 2.24. The topological polar surface area (TPSA) is 69.7 Å². The predicted molar refractivity (Wildman–Crippen MR) is 86.0 cm³/mol. The van der Waals surface area contributed by atoms with Gasteiger partial charge in [0.2, 0.25) is 0 Å². The largest absolute Gasteiger partial charge is 0.465 e. The molecule has 122 valence electrons. The fraction of sp³-hybridized carbons (Fsp3) is 0.235. The van der Waals surface area contributed by atoms with Crippen molar-refractivity contribution in [3.05, 3.63) is 59.7 Å². The van der Waals surface area contributed by atoms with E-state index in [1.54, 1.807) is 24.3 Å². The van der Waals surface area contributed by atoms with Gasteiger partial charge in [-0.3, -0.25) is 0 Å². The Morgan fingerprint density at radius 3 is 2.30 bits per heavy atom. The second kappa shape index (κ2) is 7.28. The summed E-state index contributed by atoms with van der Waals surface area (Å²) in [7, 11) is -2.79. The lowest BCUT2D eigenvalue weighted by atomic mass is 10.1. The summed E-state index contributed by atoms with van der Waals surface area (Å²) in [6.07, 6.45) is 1.86. The zero-order valence-corrected chi connectivity index (χ0v) is 13.8. The molecule has 23 heavy (non-hydrogen) atoms. The molecule has 0 saturated heterocycles. The van der Waals surface area contributed by atoms with Gasteiger partial charge in [-0.25, -0.2) is 4.79 Å². The zero-order valence-electron chi connectivity index (χ0n) is 13.0. The molecule has 0 aliphatic rings. The number of benzene rings is 2. The highest BCUT2D eigenvalue weighted by Gasteiger charge is 2.21. The number of esters is 1. The van der Waals surface area contributed by atoms with Crippen LogP contribution in [0.25, 0.3) is 0 Å². The Kier molecular flexibility index (Phi) is 5.39. The van der Waals surface area contributed by atoms with Gasteiger partial charge in [-0.1, -0.05) is 37.6 Å². The zero-order chi connectivity index (χ0) is 16.9. The summed E-state index contributed by atoms with van der Waals surface area (Å²) < 4.78 is 34.5. The highest BCUT2D eigenvalue weighted by atomic mass is 32.2. The summed E-state index contributed by atoms with van der Waals surface area (Å²) in [6.45, 7) is 2.05. The highest BCUT2D eigenvalue weighted by molar-refractivity contribution is 7.87. The van der Waals surface area contributed by atoms with Crippen LogP contribution >= 0.6 is 0 Å². The van der Waals surface area contributed by atoms with Gasteiger partial charge in [0.05, 0.1) is 7.11 Å². The van der Waals surface area contributed by atoms with Crippen LogP contribution in [-0.4, -0.2) is 21.5 Å². The van der Waals surface area contributed by atoms with Gasteiger partial charge in [0.15, 0.2) is 5.75 Å². The fourth-order valence-corrected chi connectivity index (χ4v) is 3.04. The first kappa shape index (κ1) is 17.0. The molecule has 0 heterocycles. The van der Waals surface area contributed by atoms with E-state index in [9.17, 15) is 13.2 Å². The molecule has 2 aromatic carbocycles. The molecule has 2 aromatic rings. The van der Waals surface area contributed by atoms with Crippen LogP contribution < -0.4 is 4.18 Å². The first-order valence-corrected chi connectivity index (χ1v) is 8.59. The standard InChI is InChI=1S/C17H18O5S/c1-3-6-13-9-11-14(12-10-13)23(19,20)22-16-8-5-4-7-15(16)17(18)21-2/h4-5,7-12H,3,6H2,1-2H3. The van der Waals surface area contributed by atoms with E-state index in [1.807, 2.05) is 0 Å². The number of para-hydroxylation sites is 1. The maximum atomic E-state index is 12.4. The second-order valence-corrected chi connectivity index (χ2v) is 6.47. The van der Waals surface area contributed by atoms with Crippen LogP contribution in [0, 0.1) is 0 Å².